The normalized spacial score (nSPS) is 13.4. The Kier molecular flexibility index (Phi) is 3.87. The molecular weight excluding hydrogens is 276 g/mol. The van der Waals surface area contributed by atoms with E-state index in [-0.39, 0.29) is 5.96 Å². The highest BCUT2D eigenvalue weighted by atomic mass is 16.5. The maximum atomic E-state index is 5.40. The summed E-state index contributed by atoms with van der Waals surface area (Å²) < 4.78 is 5.32. The van der Waals surface area contributed by atoms with Gasteiger partial charge in [-0.3, -0.25) is 0 Å². The first kappa shape index (κ1) is 14.3. The molecule has 0 spiro atoms. The lowest BCUT2D eigenvalue weighted by Crippen LogP contribution is -2.24. The van der Waals surface area contributed by atoms with Crippen LogP contribution >= 0.6 is 0 Å². The summed E-state index contributed by atoms with van der Waals surface area (Å²) in [5.74, 6) is 0.979. The summed E-state index contributed by atoms with van der Waals surface area (Å²) in [7, 11) is 1.70. The van der Waals surface area contributed by atoms with E-state index in [0.717, 1.165) is 36.5 Å². The van der Waals surface area contributed by atoms with Gasteiger partial charge >= 0.3 is 0 Å². The number of nitrogens with two attached hydrogens (primary N) is 2. The van der Waals surface area contributed by atoms with Crippen molar-refractivity contribution in [3.63, 3.8) is 0 Å². The van der Waals surface area contributed by atoms with Gasteiger partial charge in [-0.25, -0.2) is 4.99 Å². The number of hydrogen-bond acceptors (Lipinski definition) is 3. The zero-order valence-electron chi connectivity index (χ0n) is 12.6. The van der Waals surface area contributed by atoms with E-state index in [4.69, 9.17) is 16.2 Å². The number of benzene rings is 2. The van der Waals surface area contributed by atoms with Gasteiger partial charge in [0.15, 0.2) is 5.96 Å². The fourth-order valence-electron chi connectivity index (χ4n) is 2.82. The third-order valence-corrected chi connectivity index (χ3v) is 3.82. The predicted molar refractivity (Wildman–Crippen MR) is 90.2 cm³/mol. The Morgan fingerprint density at radius 3 is 2.59 bits per heavy atom. The van der Waals surface area contributed by atoms with E-state index in [1.54, 1.807) is 7.11 Å². The Hall–Kier alpha value is -2.69. The molecule has 1 aliphatic heterocycles. The Morgan fingerprint density at radius 1 is 1.14 bits per heavy atom. The number of anilines is 2. The van der Waals surface area contributed by atoms with Crippen LogP contribution in [0.25, 0.3) is 0 Å². The van der Waals surface area contributed by atoms with E-state index in [1.807, 2.05) is 30.3 Å². The molecule has 0 radical (unpaired) electrons. The van der Waals surface area contributed by atoms with Crippen LogP contribution in [0.3, 0.4) is 0 Å². The minimum Gasteiger partial charge on any atom is -0.497 e. The molecule has 4 N–H and O–H groups in total. The Bertz CT molecular complexity index is 690. The third-order valence-electron chi connectivity index (χ3n) is 3.82. The SMILES string of the molecule is COc1ccc2c(c1)CCCN2c1ccc(N=C(N)N)cc1. The second-order valence-corrected chi connectivity index (χ2v) is 5.30. The highest BCUT2D eigenvalue weighted by Crippen LogP contribution is 2.36. The summed E-state index contributed by atoms with van der Waals surface area (Å²) in [6, 6.07) is 14.2. The second-order valence-electron chi connectivity index (χ2n) is 5.30. The van der Waals surface area contributed by atoms with Crippen LogP contribution in [0.1, 0.15) is 12.0 Å². The monoisotopic (exact) mass is 296 g/mol. The topological polar surface area (TPSA) is 76.9 Å². The fourth-order valence-corrected chi connectivity index (χ4v) is 2.82. The molecule has 2 aromatic rings. The van der Waals surface area contributed by atoms with Crippen LogP contribution in [-0.2, 0) is 6.42 Å². The minimum atomic E-state index is 0.0724. The highest BCUT2D eigenvalue weighted by molar-refractivity contribution is 5.79. The maximum absolute atomic E-state index is 5.40. The second kappa shape index (κ2) is 5.97. The molecule has 22 heavy (non-hydrogen) atoms. The van der Waals surface area contributed by atoms with Crippen LogP contribution in [0, 0.1) is 0 Å². The molecule has 0 saturated heterocycles. The molecule has 0 fully saturated rings. The molecular formula is C17H20N4O. The summed E-state index contributed by atoms with van der Waals surface area (Å²) in [4.78, 5) is 6.37. The van der Waals surface area contributed by atoms with Gasteiger partial charge in [0.1, 0.15) is 5.75 Å². The molecule has 0 aromatic heterocycles. The Morgan fingerprint density at radius 2 is 1.91 bits per heavy atom. The number of methoxy groups -OCH3 is 1. The van der Waals surface area contributed by atoms with Gasteiger partial charge in [0, 0.05) is 17.9 Å². The van der Waals surface area contributed by atoms with Crippen molar-refractivity contribution in [2.24, 2.45) is 16.5 Å². The summed E-state index contributed by atoms with van der Waals surface area (Å²) in [5.41, 5.74) is 15.3. The van der Waals surface area contributed by atoms with Crippen LogP contribution < -0.4 is 21.1 Å². The zero-order chi connectivity index (χ0) is 15.5. The van der Waals surface area contributed by atoms with Gasteiger partial charge in [-0.15, -0.1) is 0 Å². The van der Waals surface area contributed by atoms with Gasteiger partial charge < -0.3 is 21.1 Å². The van der Waals surface area contributed by atoms with Gasteiger partial charge in [0.05, 0.1) is 12.8 Å². The minimum absolute atomic E-state index is 0.0724. The van der Waals surface area contributed by atoms with Crippen LogP contribution in [0.4, 0.5) is 17.1 Å². The number of aliphatic imine (C=N–C) groups is 1. The quantitative estimate of drug-likeness (QED) is 0.674. The lowest BCUT2D eigenvalue weighted by atomic mass is 10.0. The Balaban J connectivity index is 1.92. The van der Waals surface area contributed by atoms with Gasteiger partial charge in [0.25, 0.3) is 0 Å². The molecule has 5 heteroatoms. The summed E-state index contributed by atoms with van der Waals surface area (Å²) in [6.07, 6.45) is 2.20. The first-order chi connectivity index (χ1) is 10.7. The first-order valence-corrected chi connectivity index (χ1v) is 7.31. The van der Waals surface area contributed by atoms with Crippen LogP contribution in [0.5, 0.6) is 5.75 Å². The average molecular weight is 296 g/mol. The van der Waals surface area contributed by atoms with Gasteiger partial charge in [-0.2, -0.15) is 0 Å². The fraction of sp³-hybridized carbons (Fsp3) is 0.235. The third kappa shape index (κ3) is 2.83. The molecule has 1 aliphatic rings. The number of nitrogens with zero attached hydrogens (tertiary/aromatic N) is 2. The molecule has 114 valence electrons. The van der Waals surface area contributed by atoms with E-state index < -0.39 is 0 Å². The van der Waals surface area contributed by atoms with Crippen molar-refractivity contribution in [1.29, 1.82) is 0 Å². The van der Waals surface area contributed by atoms with E-state index in [9.17, 15) is 0 Å². The average Bonchev–Trinajstić information content (AvgIpc) is 2.54. The van der Waals surface area contributed by atoms with Crippen molar-refractivity contribution in [2.75, 3.05) is 18.6 Å². The molecule has 0 amide bonds. The molecule has 0 atom stereocenters. The molecule has 0 unspecified atom stereocenters. The largest absolute Gasteiger partial charge is 0.497 e. The molecule has 0 aliphatic carbocycles. The van der Waals surface area contributed by atoms with E-state index in [2.05, 4.69) is 22.0 Å². The molecule has 0 bridgehead atoms. The van der Waals surface area contributed by atoms with Crippen LogP contribution in [0.2, 0.25) is 0 Å². The van der Waals surface area contributed by atoms with Crippen molar-refractivity contribution >= 4 is 23.0 Å². The molecule has 5 nitrogen and oxygen atoms in total. The predicted octanol–water partition coefficient (Wildman–Crippen LogP) is 2.68. The van der Waals surface area contributed by atoms with Crippen LogP contribution in [0.15, 0.2) is 47.5 Å². The van der Waals surface area contributed by atoms with Gasteiger partial charge in [-0.05, 0) is 60.9 Å². The van der Waals surface area contributed by atoms with E-state index in [0.29, 0.717) is 0 Å². The maximum Gasteiger partial charge on any atom is 0.191 e. The highest BCUT2D eigenvalue weighted by Gasteiger charge is 2.18. The number of aryl methyl sites for hydroxylation is 1. The summed E-state index contributed by atoms with van der Waals surface area (Å²) in [6.45, 7) is 1.00. The molecule has 2 aromatic carbocycles. The number of rotatable bonds is 3. The number of fused-ring (bicyclic) bond motifs is 1. The number of guanidine groups is 1. The van der Waals surface area contributed by atoms with E-state index >= 15 is 0 Å². The lowest BCUT2D eigenvalue weighted by molar-refractivity contribution is 0.414. The van der Waals surface area contributed by atoms with Crippen molar-refractivity contribution in [1.82, 2.24) is 0 Å². The van der Waals surface area contributed by atoms with Gasteiger partial charge in [-0.1, -0.05) is 0 Å². The Labute approximate surface area is 130 Å². The van der Waals surface area contributed by atoms with Crippen molar-refractivity contribution in [3.8, 4) is 5.75 Å². The number of ether oxygens (including phenoxy) is 1. The standard InChI is InChI=1S/C17H20N4O/c1-22-15-8-9-16-12(11-15)3-2-10-21(16)14-6-4-13(5-7-14)20-17(18)19/h4-9,11H,2-3,10H2,1H3,(H4,18,19,20). The zero-order valence-corrected chi connectivity index (χ0v) is 12.6. The van der Waals surface area contributed by atoms with Crippen LogP contribution in [-0.4, -0.2) is 19.6 Å². The first-order valence-electron chi connectivity index (χ1n) is 7.31. The van der Waals surface area contributed by atoms with Crippen molar-refractivity contribution < 1.29 is 4.74 Å². The van der Waals surface area contributed by atoms with Crippen molar-refractivity contribution in [3.05, 3.63) is 48.0 Å². The molecule has 3 rings (SSSR count). The molecule has 1 heterocycles. The lowest BCUT2D eigenvalue weighted by Gasteiger charge is -2.31. The van der Waals surface area contributed by atoms with E-state index in [1.165, 1.54) is 11.3 Å². The summed E-state index contributed by atoms with van der Waals surface area (Å²) in [5, 5.41) is 0. The smallest absolute Gasteiger partial charge is 0.191 e. The van der Waals surface area contributed by atoms with Crippen molar-refractivity contribution in [2.45, 2.75) is 12.8 Å². The van der Waals surface area contributed by atoms with Gasteiger partial charge in [0.2, 0.25) is 0 Å². The summed E-state index contributed by atoms with van der Waals surface area (Å²) >= 11 is 0. The molecule has 0 saturated carbocycles. The number of hydrogen-bond donors (Lipinski definition) is 2.